The molecular formula is C20H11Cl3N4O2S. The maximum Gasteiger partial charge on any atom is 0.258 e. The van der Waals surface area contributed by atoms with E-state index in [9.17, 15) is 4.79 Å². The van der Waals surface area contributed by atoms with Gasteiger partial charge in [-0.3, -0.25) is 10.1 Å². The van der Waals surface area contributed by atoms with E-state index in [0.29, 0.717) is 38.4 Å². The van der Waals surface area contributed by atoms with E-state index in [1.54, 1.807) is 42.6 Å². The normalized spacial score (nSPS) is 10.8. The average molecular weight is 478 g/mol. The zero-order valence-electron chi connectivity index (χ0n) is 14.9. The molecule has 2 heterocycles. The molecule has 0 aliphatic heterocycles. The van der Waals surface area contributed by atoms with Crippen LogP contribution in [0.5, 0.6) is 0 Å². The number of halogens is 3. The quantitative estimate of drug-likeness (QED) is 0.354. The number of thiocarbonyl (C=S) groups is 1. The van der Waals surface area contributed by atoms with E-state index in [1.807, 2.05) is 0 Å². The SMILES string of the molecule is O=C(NC(=S)Nc1cc(-c2nc3ncccc3o2)ccc1Cl)c1cc(Cl)ccc1Cl. The molecule has 0 bridgehead atoms. The van der Waals surface area contributed by atoms with Crippen molar-refractivity contribution >= 4 is 75.0 Å². The number of hydrogen-bond donors (Lipinski definition) is 2. The second-order valence-corrected chi connectivity index (χ2v) is 7.73. The van der Waals surface area contributed by atoms with Crippen molar-refractivity contribution in [2.75, 3.05) is 5.32 Å². The molecule has 0 saturated carbocycles. The summed E-state index contributed by atoms with van der Waals surface area (Å²) < 4.78 is 5.73. The summed E-state index contributed by atoms with van der Waals surface area (Å²) in [7, 11) is 0. The van der Waals surface area contributed by atoms with Crippen LogP contribution in [0, 0.1) is 0 Å². The number of nitrogens with one attached hydrogen (secondary N) is 2. The standard InChI is InChI=1S/C20H11Cl3N4O2S/c21-11-4-6-13(22)12(9-11)18(28)27-20(30)25-15-8-10(3-5-14(15)23)19-26-17-16(29-19)2-1-7-24-17/h1-9H,(H2,25,27,28,30). The van der Waals surface area contributed by atoms with E-state index in [0.717, 1.165) is 0 Å². The lowest BCUT2D eigenvalue weighted by Crippen LogP contribution is -2.34. The number of amides is 1. The lowest BCUT2D eigenvalue weighted by Gasteiger charge is -2.12. The predicted octanol–water partition coefficient (Wildman–Crippen LogP) is 5.98. The number of benzene rings is 2. The maximum atomic E-state index is 12.4. The first-order valence-electron chi connectivity index (χ1n) is 8.49. The molecule has 6 nitrogen and oxygen atoms in total. The van der Waals surface area contributed by atoms with E-state index in [1.165, 1.54) is 12.1 Å². The molecular weight excluding hydrogens is 467 g/mol. The van der Waals surface area contributed by atoms with Crippen LogP contribution < -0.4 is 10.6 Å². The highest BCUT2D eigenvalue weighted by Crippen LogP contribution is 2.30. The van der Waals surface area contributed by atoms with Gasteiger partial charge in [-0.25, -0.2) is 4.98 Å². The lowest BCUT2D eigenvalue weighted by molar-refractivity contribution is 0.0978. The summed E-state index contributed by atoms with van der Waals surface area (Å²) in [5, 5.41) is 6.51. The van der Waals surface area contributed by atoms with Gasteiger partial charge in [-0.05, 0) is 60.7 Å². The van der Waals surface area contributed by atoms with Gasteiger partial charge in [-0.15, -0.1) is 0 Å². The Balaban J connectivity index is 1.54. The van der Waals surface area contributed by atoms with E-state index in [-0.39, 0.29) is 15.7 Å². The number of pyridine rings is 1. The molecule has 0 aliphatic carbocycles. The van der Waals surface area contributed by atoms with Crippen LogP contribution in [-0.2, 0) is 0 Å². The van der Waals surface area contributed by atoms with Gasteiger partial charge in [0, 0.05) is 16.8 Å². The number of aromatic nitrogens is 2. The van der Waals surface area contributed by atoms with E-state index < -0.39 is 5.91 Å². The topological polar surface area (TPSA) is 80.0 Å². The van der Waals surface area contributed by atoms with Gasteiger partial charge in [0.2, 0.25) is 5.89 Å². The largest absolute Gasteiger partial charge is 0.434 e. The maximum absolute atomic E-state index is 12.4. The third-order valence-electron chi connectivity index (χ3n) is 4.03. The number of carbonyl (C=O) groups excluding carboxylic acids is 1. The fourth-order valence-electron chi connectivity index (χ4n) is 2.64. The smallest absolute Gasteiger partial charge is 0.258 e. The minimum atomic E-state index is -0.502. The fraction of sp³-hybridized carbons (Fsp3) is 0. The number of carbonyl (C=O) groups is 1. The number of rotatable bonds is 3. The monoisotopic (exact) mass is 476 g/mol. The first-order valence-corrected chi connectivity index (χ1v) is 10.0. The van der Waals surface area contributed by atoms with Gasteiger partial charge in [-0.1, -0.05) is 34.8 Å². The summed E-state index contributed by atoms with van der Waals surface area (Å²) in [4.78, 5) is 21.0. The predicted molar refractivity (Wildman–Crippen MR) is 122 cm³/mol. The van der Waals surface area contributed by atoms with Crippen molar-refractivity contribution in [3.05, 3.63) is 75.4 Å². The fourth-order valence-corrected chi connectivity index (χ4v) is 3.39. The summed E-state index contributed by atoms with van der Waals surface area (Å²) in [6.07, 6.45) is 1.64. The Kier molecular flexibility index (Phi) is 5.87. The lowest BCUT2D eigenvalue weighted by atomic mass is 10.2. The number of anilines is 1. The summed E-state index contributed by atoms with van der Waals surface area (Å²) in [6, 6.07) is 13.2. The first-order chi connectivity index (χ1) is 14.4. The van der Waals surface area contributed by atoms with Gasteiger partial charge < -0.3 is 9.73 Å². The minimum Gasteiger partial charge on any atom is -0.434 e. The second-order valence-electron chi connectivity index (χ2n) is 6.07. The molecule has 2 aromatic heterocycles. The van der Waals surface area contributed by atoms with Crippen LogP contribution in [-0.4, -0.2) is 21.0 Å². The Labute approximate surface area is 191 Å². The minimum absolute atomic E-state index is 0.0364. The van der Waals surface area contributed by atoms with E-state index >= 15 is 0 Å². The van der Waals surface area contributed by atoms with Crippen LogP contribution >= 0.6 is 47.0 Å². The van der Waals surface area contributed by atoms with Crippen molar-refractivity contribution in [2.45, 2.75) is 0 Å². The van der Waals surface area contributed by atoms with Gasteiger partial charge in [0.05, 0.1) is 21.3 Å². The van der Waals surface area contributed by atoms with E-state index in [2.05, 4.69) is 20.6 Å². The average Bonchev–Trinajstić information content (AvgIpc) is 3.15. The van der Waals surface area contributed by atoms with Crippen LogP contribution in [0.3, 0.4) is 0 Å². The molecule has 2 aromatic carbocycles. The van der Waals surface area contributed by atoms with Gasteiger partial charge in [0.1, 0.15) is 0 Å². The molecule has 30 heavy (non-hydrogen) atoms. The molecule has 0 saturated heterocycles. The van der Waals surface area contributed by atoms with Crippen LogP contribution in [0.15, 0.2) is 59.1 Å². The van der Waals surface area contributed by atoms with Crippen LogP contribution in [0.25, 0.3) is 22.7 Å². The zero-order valence-corrected chi connectivity index (χ0v) is 18.0. The molecule has 0 radical (unpaired) electrons. The van der Waals surface area contributed by atoms with Crippen LogP contribution in [0.4, 0.5) is 5.69 Å². The molecule has 10 heteroatoms. The number of nitrogens with zero attached hydrogens (tertiary/aromatic N) is 2. The highest BCUT2D eigenvalue weighted by Gasteiger charge is 2.15. The third-order valence-corrected chi connectivity index (χ3v) is 5.12. The van der Waals surface area contributed by atoms with Gasteiger partial charge in [-0.2, -0.15) is 4.98 Å². The third kappa shape index (κ3) is 4.39. The summed E-state index contributed by atoms with van der Waals surface area (Å²) in [6.45, 7) is 0. The Morgan fingerprint density at radius 3 is 2.63 bits per heavy atom. The van der Waals surface area contributed by atoms with Crippen LogP contribution in [0.2, 0.25) is 15.1 Å². The van der Waals surface area contributed by atoms with Crippen molar-refractivity contribution in [3.63, 3.8) is 0 Å². The van der Waals surface area contributed by atoms with Gasteiger partial charge >= 0.3 is 0 Å². The molecule has 2 N–H and O–H groups in total. The van der Waals surface area contributed by atoms with Crippen LogP contribution in [0.1, 0.15) is 10.4 Å². The Bertz CT molecular complexity index is 1260. The molecule has 0 aliphatic rings. The summed E-state index contributed by atoms with van der Waals surface area (Å²) in [5.41, 5.74) is 2.39. The zero-order chi connectivity index (χ0) is 21.3. The molecule has 0 spiro atoms. The van der Waals surface area contributed by atoms with Crippen molar-refractivity contribution in [2.24, 2.45) is 0 Å². The van der Waals surface area contributed by atoms with Crippen molar-refractivity contribution < 1.29 is 9.21 Å². The molecule has 4 rings (SSSR count). The highest BCUT2D eigenvalue weighted by molar-refractivity contribution is 7.80. The Hall–Kier alpha value is -2.71. The Morgan fingerprint density at radius 2 is 1.83 bits per heavy atom. The van der Waals surface area contributed by atoms with Crippen molar-refractivity contribution in [1.29, 1.82) is 0 Å². The number of fused-ring (bicyclic) bond motifs is 1. The van der Waals surface area contributed by atoms with Crippen molar-refractivity contribution in [1.82, 2.24) is 15.3 Å². The van der Waals surface area contributed by atoms with Gasteiger partial charge in [0.15, 0.2) is 16.3 Å². The molecule has 150 valence electrons. The van der Waals surface area contributed by atoms with Crippen molar-refractivity contribution in [3.8, 4) is 11.5 Å². The second kappa shape index (κ2) is 8.57. The summed E-state index contributed by atoms with van der Waals surface area (Å²) in [5.74, 6) is -0.124. The summed E-state index contributed by atoms with van der Waals surface area (Å²) >= 11 is 23.5. The highest BCUT2D eigenvalue weighted by atomic mass is 35.5. The van der Waals surface area contributed by atoms with Gasteiger partial charge in [0.25, 0.3) is 5.91 Å². The number of hydrogen-bond acceptors (Lipinski definition) is 5. The molecule has 4 aromatic rings. The number of oxazole rings is 1. The molecule has 0 atom stereocenters. The molecule has 0 unspecified atom stereocenters. The molecule has 0 fully saturated rings. The Morgan fingerprint density at radius 1 is 1.03 bits per heavy atom. The first kappa shape index (κ1) is 20.6. The van der Waals surface area contributed by atoms with E-state index in [4.69, 9.17) is 51.4 Å². The molecule has 1 amide bonds.